The van der Waals surface area contributed by atoms with E-state index in [1.54, 1.807) is 11.3 Å². The van der Waals surface area contributed by atoms with Gasteiger partial charge in [0.1, 0.15) is 0 Å². The van der Waals surface area contributed by atoms with E-state index in [0.29, 0.717) is 5.66 Å². The van der Waals surface area contributed by atoms with Crippen LogP contribution in [0.4, 0.5) is 0 Å². The van der Waals surface area contributed by atoms with E-state index in [1.165, 1.54) is 11.1 Å². The zero-order valence-electron chi connectivity index (χ0n) is 9.42. The molecule has 0 fully saturated rings. The van der Waals surface area contributed by atoms with Gasteiger partial charge in [-0.2, -0.15) is 11.3 Å². The minimum atomic E-state index is -1.06. The van der Waals surface area contributed by atoms with Gasteiger partial charge in [0.05, 0.1) is 8.15 Å². The van der Waals surface area contributed by atoms with Crippen LogP contribution in [0.15, 0.2) is 41.1 Å². The molecular weight excluding hydrogens is 235 g/mol. The summed E-state index contributed by atoms with van der Waals surface area (Å²) in [6, 6.07) is 10.3. The predicted octanol–water partition coefficient (Wildman–Crippen LogP) is 3.84. The van der Waals surface area contributed by atoms with E-state index in [4.69, 9.17) is 0 Å². The van der Waals surface area contributed by atoms with Gasteiger partial charge < -0.3 is 4.89 Å². The Labute approximate surface area is 102 Å². The molecule has 84 valence electrons. The van der Waals surface area contributed by atoms with Crippen molar-refractivity contribution < 1.29 is 4.89 Å². The highest BCUT2D eigenvalue weighted by atomic mass is 32.1. The van der Waals surface area contributed by atoms with Crippen LogP contribution in [0.25, 0.3) is 11.1 Å². The van der Waals surface area contributed by atoms with E-state index in [0.717, 1.165) is 5.30 Å². The van der Waals surface area contributed by atoms with E-state index in [1.807, 2.05) is 18.2 Å². The molecule has 1 atom stereocenters. The summed E-state index contributed by atoms with van der Waals surface area (Å²) < 4.78 is 0. The van der Waals surface area contributed by atoms with Crippen molar-refractivity contribution in [3.8, 4) is 11.1 Å². The fourth-order valence-electron chi connectivity index (χ4n) is 1.61. The van der Waals surface area contributed by atoms with Gasteiger partial charge in [0, 0.05) is 11.0 Å². The van der Waals surface area contributed by atoms with Crippen LogP contribution in [0.1, 0.15) is 13.8 Å². The molecule has 2 rings (SSSR count). The minimum Gasteiger partial charge on any atom is -0.369 e. The van der Waals surface area contributed by atoms with Gasteiger partial charge in [-0.15, -0.1) is 0 Å². The van der Waals surface area contributed by atoms with Crippen molar-refractivity contribution in [2.24, 2.45) is 0 Å². The number of hydrogen-bond donors (Lipinski definition) is 1. The van der Waals surface area contributed by atoms with Crippen LogP contribution >= 0.6 is 19.5 Å². The molecule has 1 nitrogen and oxygen atoms in total. The Morgan fingerprint density at radius 1 is 1.19 bits per heavy atom. The zero-order valence-corrected chi connectivity index (χ0v) is 11.1. The number of hydrogen-bond acceptors (Lipinski definition) is 2. The lowest BCUT2D eigenvalue weighted by Gasteiger charge is -2.17. The molecule has 0 aliphatic rings. The molecule has 0 spiro atoms. The maximum atomic E-state index is 10.2. The van der Waals surface area contributed by atoms with Gasteiger partial charge in [-0.05, 0) is 28.0 Å². The highest BCUT2D eigenvalue weighted by Crippen LogP contribution is 2.38. The second-order valence-electron chi connectivity index (χ2n) is 3.97. The molecule has 1 aromatic carbocycles. The summed E-state index contributed by atoms with van der Waals surface area (Å²) in [5, 5.41) is 5.29. The highest BCUT2D eigenvalue weighted by molar-refractivity contribution is 7.60. The third kappa shape index (κ3) is 2.35. The molecule has 0 amide bonds. The topological polar surface area (TPSA) is 20.2 Å². The molecule has 1 aromatic heterocycles. The lowest BCUT2D eigenvalue weighted by Crippen LogP contribution is -2.10. The standard InChI is InChI=1S/C13H15OPS/c1-10(2)15(14)13-6-4-3-5-12(13)11-7-8-16-9-11/h3-10,14H,1-2H3. The van der Waals surface area contributed by atoms with E-state index in [2.05, 4.69) is 36.7 Å². The Balaban J connectivity index is 2.46. The van der Waals surface area contributed by atoms with Crippen LogP contribution < -0.4 is 5.30 Å². The largest absolute Gasteiger partial charge is 0.369 e. The van der Waals surface area contributed by atoms with Gasteiger partial charge in [-0.1, -0.05) is 38.1 Å². The molecule has 3 heteroatoms. The Kier molecular flexibility index (Phi) is 3.75. The number of thiophene rings is 1. The van der Waals surface area contributed by atoms with E-state index >= 15 is 0 Å². The molecule has 16 heavy (non-hydrogen) atoms. The first-order valence-electron chi connectivity index (χ1n) is 5.30. The fourth-order valence-corrected chi connectivity index (χ4v) is 3.51. The molecule has 0 aliphatic carbocycles. The van der Waals surface area contributed by atoms with Crippen LogP contribution in [0.3, 0.4) is 0 Å². The first-order valence-corrected chi connectivity index (χ1v) is 7.60. The predicted molar refractivity (Wildman–Crippen MR) is 73.7 cm³/mol. The highest BCUT2D eigenvalue weighted by Gasteiger charge is 2.16. The normalized spacial score (nSPS) is 13.0. The maximum Gasteiger partial charge on any atom is 0.0595 e. The summed E-state index contributed by atoms with van der Waals surface area (Å²) in [6.07, 6.45) is 0. The average molecular weight is 250 g/mol. The minimum absolute atomic E-state index is 0.301. The van der Waals surface area contributed by atoms with Crippen LogP contribution in [0.2, 0.25) is 0 Å². The molecule has 0 aliphatic heterocycles. The third-order valence-corrected chi connectivity index (χ3v) is 5.02. The lowest BCUT2D eigenvalue weighted by atomic mass is 10.1. The molecule has 1 heterocycles. The van der Waals surface area contributed by atoms with E-state index < -0.39 is 8.15 Å². The Bertz CT molecular complexity index is 451. The maximum absolute atomic E-state index is 10.2. The Hall–Kier alpha value is -0.690. The van der Waals surface area contributed by atoms with Crippen molar-refractivity contribution in [3.63, 3.8) is 0 Å². The Morgan fingerprint density at radius 2 is 1.94 bits per heavy atom. The zero-order chi connectivity index (χ0) is 11.5. The van der Waals surface area contributed by atoms with Gasteiger partial charge in [0.25, 0.3) is 0 Å². The SMILES string of the molecule is CC(C)P(O)c1ccccc1-c1ccsc1. The van der Waals surface area contributed by atoms with Crippen molar-refractivity contribution in [2.45, 2.75) is 19.5 Å². The third-order valence-electron chi connectivity index (χ3n) is 2.47. The van der Waals surface area contributed by atoms with Crippen LogP contribution in [0.5, 0.6) is 0 Å². The molecular formula is C13H15OPS. The van der Waals surface area contributed by atoms with Crippen molar-refractivity contribution >= 4 is 24.8 Å². The summed E-state index contributed by atoms with van der Waals surface area (Å²) in [5.41, 5.74) is 2.68. The van der Waals surface area contributed by atoms with Gasteiger partial charge in [0.2, 0.25) is 0 Å². The molecule has 1 N–H and O–H groups in total. The van der Waals surface area contributed by atoms with Crippen molar-refractivity contribution in [1.82, 2.24) is 0 Å². The van der Waals surface area contributed by atoms with Crippen molar-refractivity contribution in [2.75, 3.05) is 0 Å². The Morgan fingerprint density at radius 3 is 2.56 bits per heavy atom. The van der Waals surface area contributed by atoms with Crippen LogP contribution in [-0.4, -0.2) is 10.6 Å². The molecule has 0 radical (unpaired) electrons. The van der Waals surface area contributed by atoms with Gasteiger partial charge in [-0.3, -0.25) is 0 Å². The monoisotopic (exact) mass is 250 g/mol. The van der Waals surface area contributed by atoms with Gasteiger partial charge in [0.15, 0.2) is 0 Å². The summed E-state index contributed by atoms with van der Waals surface area (Å²) in [6.45, 7) is 4.13. The summed E-state index contributed by atoms with van der Waals surface area (Å²) in [4.78, 5) is 10.2. The molecule has 0 saturated carbocycles. The first-order chi connectivity index (χ1) is 7.70. The van der Waals surface area contributed by atoms with Crippen LogP contribution in [-0.2, 0) is 0 Å². The van der Waals surface area contributed by atoms with Crippen LogP contribution in [0, 0.1) is 0 Å². The molecule has 0 bridgehead atoms. The molecule has 2 aromatic rings. The fraction of sp³-hybridized carbons (Fsp3) is 0.231. The average Bonchev–Trinajstić information content (AvgIpc) is 2.81. The van der Waals surface area contributed by atoms with Gasteiger partial charge >= 0.3 is 0 Å². The first kappa shape index (κ1) is 11.8. The lowest BCUT2D eigenvalue weighted by molar-refractivity contribution is 0.624. The number of rotatable bonds is 3. The van der Waals surface area contributed by atoms with Crippen molar-refractivity contribution in [3.05, 3.63) is 41.1 Å². The van der Waals surface area contributed by atoms with E-state index in [-0.39, 0.29) is 0 Å². The molecule has 1 unspecified atom stereocenters. The van der Waals surface area contributed by atoms with Gasteiger partial charge in [-0.25, -0.2) is 0 Å². The second kappa shape index (κ2) is 5.09. The summed E-state index contributed by atoms with van der Waals surface area (Å²) >= 11 is 1.69. The smallest absolute Gasteiger partial charge is 0.0595 e. The quantitative estimate of drug-likeness (QED) is 0.821. The van der Waals surface area contributed by atoms with E-state index in [9.17, 15) is 4.89 Å². The van der Waals surface area contributed by atoms with Crippen molar-refractivity contribution in [1.29, 1.82) is 0 Å². The summed E-state index contributed by atoms with van der Waals surface area (Å²) in [7, 11) is -1.06. The summed E-state index contributed by atoms with van der Waals surface area (Å²) in [5.74, 6) is 0. The molecule has 0 saturated heterocycles. The number of benzene rings is 1. The second-order valence-corrected chi connectivity index (χ2v) is 6.95.